The van der Waals surface area contributed by atoms with Gasteiger partial charge in [-0.15, -0.1) is 5.10 Å². The van der Waals surface area contributed by atoms with Gasteiger partial charge in [-0.25, -0.2) is 0 Å². The molecule has 19 heavy (non-hydrogen) atoms. The van der Waals surface area contributed by atoms with Gasteiger partial charge in [-0.2, -0.15) is 4.98 Å². The molecule has 1 aromatic rings. The molecule has 1 aromatic heterocycles. The number of aromatic amines is 1. The zero-order chi connectivity index (χ0) is 13.2. The predicted molar refractivity (Wildman–Crippen MR) is 73.0 cm³/mol. The minimum Gasteiger partial charge on any atom is -0.371 e. The van der Waals surface area contributed by atoms with Gasteiger partial charge in [0.1, 0.15) is 6.61 Å². The molecule has 0 radical (unpaired) electrons. The molecular formula is C13H23N5O. The van der Waals surface area contributed by atoms with Crippen LogP contribution in [0.3, 0.4) is 0 Å². The molecule has 0 spiro atoms. The highest BCUT2D eigenvalue weighted by Gasteiger charge is 2.35. The van der Waals surface area contributed by atoms with E-state index in [2.05, 4.69) is 25.4 Å². The Hall–Kier alpha value is -1.14. The van der Waals surface area contributed by atoms with Crippen LogP contribution in [-0.2, 0) is 11.3 Å². The molecule has 2 N–H and O–H groups in total. The number of piperidine rings is 1. The Labute approximate surface area is 113 Å². The number of rotatable bonds is 4. The lowest BCUT2D eigenvalue weighted by Crippen LogP contribution is -2.40. The smallest absolute Gasteiger partial charge is 0.244 e. The molecular weight excluding hydrogens is 242 g/mol. The highest BCUT2D eigenvalue weighted by Crippen LogP contribution is 2.27. The maximum Gasteiger partial charge on any atom is 0.244 e. The molecule has 2 aliphatic rings. The summed E-state index contributed by atoms with van der Waals surface area (Å²) in [6.07, 6.45) is 2.82. The van der Waals surface area contributed by atoms with Crippen molar-refractivity contribution < 1.29 is 4.74 Å². The summed E-state index contributed by atoms with van der Waals surface area (Å²) in [6.45, 7) is 7.79. The van der Waals surface area contributed by atoms with Gasteiger partial charge in [-0.05, 0) is 39.2 Å². The first-order valence-corrected chi connectivity index (χ1v) is 7.23. The maximum absolute atomic E-state index is 5.53. The summed E-state index contributed by atoms with van der Waals surface area (Å²) >= 11 is 0. The average molecular weight is 265 g/mol. The molecule has 2 saturated heterocycles. The lowest BCUT2D eigenvalue weighted by atomic mass is 9.94. The topological polar surface area (TPSA) is 66.1 Å². The van der Waals surface area contributed by atoms with Gasteiger partial charge in [-0.1, -0.05) is 0 Å². The summed E-state index contributed by atoms with van der Waals surface area (Å²) in [7, 11) is 0. The molecule has 0 aromatic carbocycles. The van der Waals surface area contributed by atoms with Crippen LogP contribution < -0.4 is 10.2 Å². The van der Waals surface area contributed by atoms with E-state index in [1.165, 1.54) is 12.8 Å². The normalized spacial score (nSPS) is 27.0. The van der Waals surface area contributed by atoms with Gasteiger partial charge in [-0.3, -0.25) is 5.10 Å². The van der Waals surface area contributed by atoms with Crippen LogP contribution in [0.15, 0.2) is 0 Å². The fraction of sp³-hybridized carbons (Fsp3) is 0.846. The van der Waals surface area contributed by atoms with Gasteiger partial charge in [0.25, 0.3) is 0 Å². The molecule has 106 valence electrons. The largest absolute Gasteiger partial charge is 0.371 e. The summed E-state index contributed by atoms with van der Waals surface area (Å²) in [4.78, 5) is 6.81. The van der Waals surface area contributed by atoms with E-state index in [-0.39, 0.29) is 6.10 Å². The number of hydrogen-bond donors (Lipinski definition) is 2. The molecule has 6 heteroatoms. The summed E-state index contributed by atoms with van der Waals surface area (Å²) in [5.74, 6) is 2.38. The predicted octanol–water partition coefficient (Wildman–Crippen LogP) is 0.918. The summed E-state index contributed by atoms with van der Waals surface area (Å²) < 4.78 is 5.53. The number of hydrogen-bond acceptors (Lipinski definition) is 5. The molecule has 3 rings (SSSR count). The zero-order valence-corrected chi connectivity index (χ0v) is 11.7. The lowest BCUT2D eigenvalue weighted by Gasteiger charge is -2.24. The van der Waals surface area contributed by atoms with E-state index >= 15 is 0 Å². The van der Waals surface area contributed by atoms with Crippen LogP contribution in [0.5, 0.6) is 0 Å². The number of fused-ring (bicyclic) bond motifs is 1. The lowest BCUT2D eigenvalue weighted by molar-refractivity contribution is 0.0615. The van der Waals surface area contributed by atoms with Crippen molar-refractivity contribution in [2.75, 3.05) is 24.5 Å². The number of ether oxygens (including phenoxy) is 1. The second-order valence-corrected chi connectivity index (χ2v) is 5.81. The van der Waals surface area contributed by atoms with E-state index in [0.29, 0.717) is 12.6 Å². The van der Waals surface area contributed by atoms with E-state index < -0.39 is 0 Å². The molecule has 2 fully saturated rings. The minimum absolute atomic E-state index is 0.215. The first kappa shape index (κ1) is 12.9. The number of aromatic nitrogens is 3. The van der Waals surface area contributed by atoms with Crippen LogP contribution in [0.2, 0.25) is 0 Å². The van der Waals surface area contributed by atoms with Crippen LogP contribution >= 0.6 is 0 Å². The van der Waals surface area contributed by atoms with Crippen molar-refractivity contribution in [2.45, 2.75) is 45.4 Å². The van der Waals surface area contributed by atoms with Crippen molar-refractivity contribution in [3.05, 3.63) is 5.82 Å². The monoisotopic (exact) mass is 265 g/mol. The van der Waals surface area contributed by atoms with Gasteiger partial charge in [0.05, 0.1) is 6.10 Å². The standard InChI is InChI=1S/C13H23N5O/c1-9(2)19-8-12-15-13(17-16-12)18-6-10-4-3-5-14-11(10)7-18/h9-11,14H,3-8H2,1-2H3,(H,15,16,17). The van der Waals surface area contributed by atoms with Crippen molar-refractivity contribution in [1.29, 1.82) is 0 Å². The van der Waals surface area contributed by atoms with Crippen LogP contribution in [-0.4, -0.2) is 47.0 Å². The Morgan fingerprint density at radius 2 is 2.32 bits per heavy atom. The zero-order valence-electron chi connectivity index (χ0n) is 11.7. The quantitative estimate of drug-likeness (QED) is 0.847. The number of anilines is 1. The van der Waals surface area contributed by atoms with E-state index in [4.69, 9.17) is 4.74 Å². The third kappa shape index (κ3) is 2.90. The third-order valence-corrected chi connectivity index (χ3v) is 3.96. The Bertz CT molecular complexity index is 405. The highest BCUT2D eigenvalue weighted by atomic mass is 16.5. The van der Waals surface area contributed by atoms with Crippen LogP contribution in [0.4, 0.5) is 5.95 Å². The van der Waals surface area contributed by atoms with Crippen LogP contribution in [0, 0.1) is 5.92 Å². The van der Waals surface area contributed by atoms with Crippen LogP contribution in [0.1, 0.15) is 32.5 Å². The molecule has 6 nitrogen and oxygen atoms in total. The van der Waals surface area contributed by atoms with Gasteiger partial charge < -0.3 is 15.0 Å². The SMILES string of the molecule is CC(C)OCc1nc(N2CC3CCCNC3C2)n[nH]1. The first-order chi connectivity index (χ1) is 9.22. The fourth-order valence-electron chi connectivity index (χ4n) is 2.95. The van der Waals surface area contributed by atoms with Crippen molar-refractivity contribution in [3.63, 3.8) is 0 Å². The van der Waals surface area contributed by atoms with Crippen molar-refractivity contribution in [3.8, 4) is 0 Å². The highest BCUT2D eigenvalue weighted by molar-refractivity contribution is 5.32. The Kier molecular flexibility index (Phi) is 3.70. The van der Waals surface area contributed by atoms with E-state index in [1.807, 2.05) is 13.8 Å². The average Bonchev–Trinajstić information content (AvgIpc) is 3.02. The number of nitrogens with one attached hydrogen (secondary N) is 2. The maximum atomic E-state index is 5.53. The summed E-state index contributed by atoms with van der Waals surface area (Å²) in [5.41, 5.74) is 0. The number of H-pyrrole nitrogens is 1. The Balaban J connectivity index is 1.60. The Morgan fingerprint density at radius 1 is 1.42 bits per heavy atom. The van der Waals surface area contributed by atoms with Crippen molar-refractivity contribution in [1.82, 2.24) is 20.5 Å². The second-order valence-electron chi connectivity index (χ2n) is 5.81. The molecule has 2 atom stereocenters. The van der Waals surface area contributed by atoms with Crippen molar-refractivity contribution >= 4 is 5.95 Å². The number of nitrogens with zero attached hydrogens (tertiary/aromatic N) is 3. The third-order valence-electron chi connectivity index (χ3n) is 3.96. The van der Waals surface area contributed by atoms with Gasteiger partial charge >= 0.3 is 0 Å². The fourth-order valence-corrected chi connectivity index (χ4v) is 2.95. The van der Waals surface area contributed by atoms with Gasteiger partial charge in [0.15, 0.2) is 5.82 Å². The Morgan fingerprint density at radius 3 is 3.11 bits per heavy atom. The molecule has 2 aliphatic heterocycles. The molecule has 2 unspecified atom stereocenters. The minimum atomic E-state index is 0.215. The summed E-state index contributed by atoms with van der Waals surface area (Å²) in [5, 5.41) is 10.9. The molecule has 0 amide bonds. The van der Waals surface area contributed by atoms with Gasteiger partial charge in [0, 0.05) is 19.1 Å². The van der Waals surface area contributed by atoms with E-state index in [0.717, 1.165) is 37.3 Å². The molecule has 0 saturated carbocycles. The van der Waals surface area contributed by atoms with Gasteiger partial charge in [0.2, 0.25) is 5.95 Å². The first-order valence-electron chi connectivity index (χ1n) is 7.23. The van der Waals surface area contributed by atoms with Crippen molar-refractivity contribution in [2.24, 2.45) is 5.92 Å². The molecule has 3 heterocycles. The van der Waals surface area contributed by atoms with E-state index in [1.54, 1.807) is 0 Å². The van der Waals surface area contributed by atoms with E-state index in [9.17, 15) is 0 Å². The van der Waals surface area contributed by atoms with Crippen LogP contribution in [0.25, 0.3) is 0 Å². The summed E-state index contributed by atoms with van der Waals surface area (Å²) in [6, 6.07) is 0.614. The second kappa shape index (κ2) is 5.46. The molecule has 0 bridgehead atoms. The molecule has 0 aliphatic carbocycles.